The molecule has 3 aromatic carbocycles. The van der Waals surface area contributed by atoms with Crippen LogP contribution in [0.5, 0.6) is 0 Å². The maximum atomic E-state index is 13.3. The van der Waals surface area contributed by atoms with Gasteiger partial charge < -0.3 is 20.8 Å². The van der Waals surface area contributed by atoms with Gasteiger partial charge in [0, 0.05) is 13.1 Å². The van der Waals surface area contributed by atoms with Gasteiger partial charge in [0.15, 0.2) is 11.3 Å². The number of fused-ring (bicyclic) bond motifs is 2. The lowest BCUT2D eigenvalue weighted by Crippen LogP contribution is -2.28. The molecule has 0 unspecified atom stereocenters. The third-order valence-electron chi connectivity index (χ3n) is 5.94. The number of hydrogen-bond donors (Lipinski definition) is 3. The summed E-state index contributed by atoms with van der Waals surface area (Å²) in [6.45, 7) is 0.529. The minimum absolute atomic E-state index is 0.0323. The van der Waals surface area contributed by atoms with Crippen molar-refractivity contribution >= 4 is 60.5 Å². The SMILES string of the molecule is Nc1c(C(=O)NCc2ccccc2)c2nc3c(C(=O)NCc4ccccc4)ccc(Br)c3oc-2c(Br)c1=O. The van der Waals surface area contributed by atoms with E-state index in [0.29, 0.717) is 11.0 Å². The van der Waals surface area contributed by atoms with E-state index >= 15 is 0 Å². The zero-order chi connectivity index (χ0) is 26.8. The Kier molecular flexibility index (Phi) is 7.26. The van der Waals surface area contributed by atoms with Crippen LogP contribution >= 0.6 is 31.9 Å². The van der Waals surface area contributed by atoms with E-state index in [4.69, 9.17) is 10.2 Å². The van der Waals surface area contributed by atoms with Gasteiger partial charge in [-0.3, -0.25) is 14.4 Å². The van der Waals surface area contributed by atoms with E-state index in [1.54, 1.807) is 12.1 Å². The van der Waals surface area contributed by atoms with Crippen LogP contribution in [0.15, 0.2) is 91.0 Å². The summed E-state index contributed by atoms with van der Waals surface area (Å²) in [6.07, 6.45) is 0. The van der Waals surface area contributed by atoms with Crippen LogP contribution in [0.25, 0.3) is 22.6 Å². The number of benzene rings is 4. The molecule has 0 saturated heterocycles. The van der Waals surface area contributed by atoms with Crippen molar-refractivity contribution in [2.45, 2.75) is 13.1 Å². The topological polar surface area (TPSA) is 127 Å². The van der Waals surface area contributed by atoms with Crippen LogP contribution in [0.1, 0.15) is 31.8 Å². The smallest absolute Gasteiger partial charge is 0.256 e. The number of amides is 2. The van der Waals surface area contributed by atoms with Gasteiger partial charge in [0.05, 0.1) is 21.3 Å². The number of anilines is 1. The van der Waals surface area contributed by atoms with Gasteiger partial charge in [0.2, 0.25) is 5.43 Å². The summed E-state index contributed by atoms with van der Waals surface area (Å²) in [5, 5.41) is 5.67. The van der Waals surface area contributed by atoms with E-state index in [1.165, 1.54) is 0 Å². The van der Waals surface area contributed by atoms with Gasteiger partial charge in [-0.15, -0.1) is 0 Å². The van der Waals surface area contributed by atoms with Crippen LogP contribution < -0.4 is 21.8 Å². The van der Waals surface area contributed by atoms with Gasteiger partial charge in [0.1, 0.15) is 15.7 Å². The number of nitrogen functional groups attached to an aromatic ring is 1. The average Bonchev–Trinajstić information content (AvgIpc) is 2.94. The minimum atomic E-state index is -0.597. The molecule has 0 saturated carbocycles. The second-order valence-corrected chi connectivity index (χ2v) is 10.1. The predicted octanol–water partition coefficient (Wildman–Crippen LogP) is 5.26. The monoisotopic (exact) mass is 634 g/mol. The Bertz CT molecular complexity index is 1710. The number of carbonyl (C=O) groups excluding carboxylic acids is 2. The predicted molar refractivity (Wildman–Crippen MR) is 152 cm³/mol. The van der Waals surface area contributed by atoms with Gasteiger partial charge in [-0.05, 0) is 55.1 Å². The number of nitrogens with two attached hydrogens (primary N) is 1. The standard InChI is InChI=1S/C28H20Br2N4O4/c29-18-12-11-17(27(36)32-13-15-7-3-1-4-8-15)22-25(18)38-26-20(30)24(35)21(31)19(23(26)34-22)28(37)33-14-16-9-5-2-6-10-16/h1-12H,13-14,31H2,(H,32,36)(H,33,37). The Morgan fingerprint density at radius 2 is 1.42 bits per heavy atom. The molecule has 0 radical (unpaired) electrons. The molecule has 1 heterocycles. The lowest BCUT2D eigenvalue weighted by atomic mass is 10.0. The highest BCUT2D eigenvalue weighted by Crippen LogP contribution is 2.37. The third kappa shape index (κ3) is 4.92. The zero-order valence-electron chi connectivity index (χ0n) is 19.8. The van der Waals surface area contributed by atoms with E-state index in [0.717, 1.165) is 11.1 Å². The summed E-state index contributed by atoms with van der Waals surface area (Å²) in [6, 6.07) is 22.1. The fourth-order valence-electron chi connectivity index (χ4n) is 4.00. The molecular formula is C28H20Br2N4O4. The molecule has 8 nitrogen and oxygen atoms in total. The second kappa shape index (κ2) is 10.8. The summed E-state index contributed by atoms with van der Waals surface area (Å²) in [4.78, 5) is 44.0. The zero-order valence-corrected chi connectivity index (χ0v) is 22.9. The molecule has 0 fully saturated rings. The Morgan fingerprint density at radius 1 is 0.842 bits per heavy atom. The largest absolute Gasteiger partial charge is 0.450 e. The molecule has 0 aromatic heterocycles. The number of nitrogens with zero attached hydrogens (tertiary/aromatic N) is 1. The first-order chi connectivity index (χ1) is 18.3. The number of aromatic nitrogens is 1. The van der Waals surface area contributed by atoms with E-state index in [1.807, 2.05) is 60.7 Å². The molecule has 2 amide bonds. The lowest BCUT2D eigenvalue weighted by Gasteiger charge is -2.16. The first-order valence-electron chi connectivity index (χ1n) is 11.5. The molecule has 1 aliphatic heterocycles. The van der Waals surface area contributed by atoms with Crippen molar-refractivity contribution in [2.75, 3.05) is 5.73 Å². The van der Waals surface area contributed by atoms with Crippen molar-refractivity contribution in [3.8, 4) is 11.5 Å². The quantitative estimate of drug-likeness (QED) is 0.173. The van der Waals surface area contributed by atoms with Gasteiger partial charge >= 0.3 is 0 Å². The number of carbonyl (C=O) groups is 2. The molecule has 4 N–H and O–H groups in total. The average molecular weight is 636 g/mol. The van der Waals surface area contributed by atoms with Crippen LogP contribution in [0.3, 0.4) is 0 Å². The lowest BCUT2D eigenvalue weighted by molar-refractivity contribution is 0.0944. The van der Waals surface area contributed by atoms with Crippen molar-refractivity contribution in [1.82, 2.24) is 15.6 Å². The molecule has 0 spiro atoms. The second-order valence-electron chi connectivity index (χ2n) is 8.43. The van der Waals surface area contributed by atoms with E-state index in [-0.39, 0.29) is 56.3 Å². The fourth-order valence-corrected chi connectivity index (χ4v) is 4.88. The summed E-state index contributed by atoms with van der Waals surface area (Å²) >= 11 is 6.68. The van der Waals surface area contributed by atoms with Gasteiger partial charge in [-0.2, -0.15) is 0 Å². The highest BCUT2D eigenvalue weighted by molar-refractivity contribution is 9.11. The van der Waals surface area contributed by atoms with Gasteiger partial charge in [-0.25, -0.2) is 4.98 Å². The molecule has 5 rings (SSSR count). The normalized spacial score (nSPS) is 11.0. The Hall–Kier alpha value is -4.02. The first-order valence-corrected chi connectivity index (χ1v) is 13.1. The van der Waals surface area contributed by atoms with Gasteiger partial charge in [-0.1, -0.05) is 60.7 Å². The summed E-state index contributed by atoms with van der Waals surface area (Å²) in [7, 11) is 0. The molecule has 0 bridgehead atoms. The third-order valence-corrected chi connectivity index (χ3v) is 7.28. The van der Waals surface area contributed by atoms with Gasteiger partial charge in [0.25, 0.3) is 11.8 Å². The van der Waals surface area contributed by atoms with E-state index in [9.17, 15) is 14.4 Å². The number of rotatable bonds is 6. The maximum absolute atomic E-state index is 13.3. The fraction of sp³-hybridized carbons (Fsp3) is 0.0714. The number of nitrogens with one attached hydrogen (secondary N) is 2. The van der Waals surface area contributed by atoms with Crippen LogP contribution in [0.4, 0.5) is 5.69 Å². The van der Waals surface area contributed by atoms with Crippen molar-refractivity contribution < 1.29 is 14.0 Å². The molecular weight excluding hydrogens is 616 g/mol. The van der Waals surface area contributed by atoms with E-state index < -0.39 is 11.3 Å². The molecule has 10 heteroatoms. The molecule has 190 valence electrons. The molecule has 38 heavy (non-hydrogen) atoms. The molecule has 3 aromatic rings. The van der Waals surface area contributed by atoms with Crippen LogP contribution in [-0.2, 0) is 13.1 Å². The first kappa shape index (κ1) is 25.6. The summed E-state index contributed by atoms with van der Waals surface area (Å²) in [5.41, 5.74) is 7.68. The molecule has 0 atom stereocenters. The van der Waals surface area contributed by atoms with Crippen LogP contribution in [-0.4, -0.2) is 16.8 Å². The number of halogens is 2. The Labute approximate surface area is 233 Å². The highest BCUT2D eigenvalue weighted by atomic mass is 79.9. The highest BCUT2D eigenvalue weighted by Gasteiger charge is 2.29. The minimum Gasteiger partial charge on any atom is -0.450 e. The van der Waals surface area contributed by atoms with Crippen LogP contribution in [0, 0.1) is 0 Å². The van der Waals surface area contributed by atoms with Crippen molar-refractivity contribution in [3.05, 3.63) is 114 Å². The number of hydrogen-bond acceptors (Lipinski definition) is 6. The summed E-state index contributed by atoms with van der Waals surface area (Å²) < 4.78 is 6.63. The Morgan fingerprint density at radius 3 is 2.03 bits per heavy atom. The molecule has 1 aliphatic carbocycles. The summed E-state index contributed by atoms with van der Waals surface area (Å²) in [5.74, 6) is -0.923. The molecule has 2 aliphatic rings. The van der Waals surface area contributed by atoms with E-state index in [2.05, 4.69) is 47.5 Å². The van der Waals surface area contributed by atoms with Crippen molar-refractivity contribution in [1.29, 1.82) is 0 Å². The van der Waals surface area contributed by atoms with Crippen molar-refractivity contribution in [3.63, 3.8) is 0 Å². The van der Waals surface area contributed by atoms with Crippen LogP contribution in [0.2, 0.25) is 0 Å². The van der Waals surface area contributed by atoms with Crippen molar-refractivity contribution in [2.24, 2.45) is 0 Å². The maximum Gasteiger partial charge on any atom is 0.256 e. The Balaban J connectivity index is 1.61.